The van der Waals surface area contributed by atoms with Crippen LogP contribution in [0.1, 0.15) is 0 Å². The van der Waals surface area contributed by atoms with E-state index in [-0.39, 0.29) is 11.3 Å². The summed E-state index contributed by atoms with van der Waals surface area (Å²) >= 11 is 0. The standard InChI is InChI=1S/C13H14N2O4/c1-17-8-4-5-10(18-2)9(6-8)11-12(19-3)13(16)15-7-14-11/h4-7H,1-3H3,(H,14,15,16). The number of rotatable bonds is 4. The quantitative estimate of drug-likeness (QED) is 0.903. The number of benzene rings is 1. The maximum absolute atomic E-state index is 11.7. The average molecular weight is 262 g/mol. The fourth-order valence-corrected chi connectivity index (χ4v) is 1.77. The molecule has 0 fully saturated rings. The molecule has 6 nitrogen and oxygen atoms in total. The number of hydrogen-bond donors (Lipinski definition) is 1. The topological polar surface area (TPSA) is 73.4 Å². The van der Waals surface area contributed by atoms with Crippen molar-refractivity contribution in [2.24, 2.45) is 0 Å². The van der Waals surface area contributed by atoms with Crippen molar-refractivity contribution in [3.05, 3.63) is 34.9 Å². The van der Waals surface area contributed by atoms with Gasteiger partial charge in [0.1, 0.15) is 17.2 Å². The molecule has 1 aromatic heterocycles. The molecule has 0 spiro atoms. The molecule has 6 heteroatoms. The zero-order chi connectivity index (χ0) is 13.8. The summed E-state index contributed by atoms with van der Waals surface area (Å²) in [5.41, 5.74) is 0.684. The van der Waals surface area contributed by atoms with Crippen molar-refractivity contribution in [1.82, 2.24) is 9.97 Å². The average Bonchev–Trinajstić information content (AvgIpc) is 2.46. The summed E-state index contributed by atoms with van der Waals surface area (Å²) in [5, 5.41) is 0. The van der Waals surface area contributed by atoms with Crippen molar-refractivity contribution in [2.75, 3.05) is 21.3 Å². The molecule has 2 aromatic rings. The Bertz CT molecular complexity index is 637. The van der Waals surface area contributed by atoms with E-state index in [2.05, 4.69) is 9.97 Å². The molecule has 0 bridgehead atoms. The molecule has 0 radical (unpaired) electrons. The molecule has 2 rings (SSSR count). The van der Waals surface area contributed by atoms with Crippen molar-refractivity contribution >= 4 is 0 Å². The monoisotopic (exact) mass is 262 g/mol. The summed E-state index contributed by atoms with van der Waals surface area (Å²) in [6.45, 7) is 0. The minimum atomic E-state index is -0.350. The molecule has 0 atom stereocenters. The summed E-state index contributed by atoms with van der Waals surface area (Å²) in [7, 11) is 4.53. The summed E-state index contributed by atoms with van der Waals surface area (Å²) in [5.74, 6) is 1.35. The third kappa shape index (κ3) is 2.37. The van der Waals surface area contributed by atoms with Gasteiger partial charge in [0.15, 0.2) is 0 Å². The maximum Gasteiger partial charge on any atom is 0.293 e. The molecular formula is C13H14N2O4. The summed E-state index contributed by atoms with van der Waals surface area (Å²) in [6.07, 6.45) is 1.32. The van der Waals surface area contributed by atoms with Crippen LogP contribution in [0.4, 0.5) is 0 Å². The Balaban J connectivity index is 2.70. The number of nitrogens with one attached hydrogen (secondary N) is 1. The van der Waals surface area contributed by atoms with Crippen LogP contribution in [0.2, 0.25) is 0 Å². The first-order chi connectivity index (χ1) is 9.21. The second-order valence-corrected chi connectivity index (χ2v) is 3.68. The van der Waals surface area contributed by atoms with Gasteiger partial charge in [0.05, 0.1) is 27.7 Å². The van der Waals surface area contributed by atoms with Crippen LogP contribution in [-0.4, -0.2) is 31.3 Å². The van der Waals surface area contributed by atoms with Gasteiger partial charge in [-0.3, -0.25) is 4.79 Å². The van der Waals surface area contributed by atoms with Gasteiger partial charge in [-0.1, -0.05) is 0 Å². The van der Waals surface area contributed by atoms with Crippen LogP contribution < -0.4 is 19.8 Å². The number of H-pyrrole nitrogens is 1. The zero-order valence-electron chi connectivity index (χ0n) is 10.9. The Hall–Kier alpha value is -2.50. The van der Waals surface area contributed by atoms with Gasteiger partial charge in [-0.05, 0) is 18.2 Å². The van der Waals surface area contributed by atoms with Crippen molar-refractivity contribution in [3.63, 3.8) is 0 Å². The third-order valence-corrected chi connectivity index (χ3v) is 2.68. The number of aromatic amines is 1. The molecule has 100 valence electrons. The summed E-state index contributed by atoms with van der Waals surface area (Å²) in [6, 6.07) is 5.25. The van der Waals surface area contributed by atoms with Crippen LogP contribution in [0.5, 0.6) is 17.2 Å². The molecule has 1 aromatic carbocycles. The lowest BCUT2D eigenvalue weighted by Crippen LogP contribution is -2.11. The number of hydrogen-bond acceptors (Lipinski definition) is 5. The second kappa shape index (κ2) is 5.43. The Morgan fingerprint density at radius 1 is 1.11 bits per heavy atom. The van der Waals surface area contributed by atoms with E-state index in [0.717, 1.165) is 0 Å². The lowest BCUT2D eigenvalue weighted by atomic mass is 10.1. The van der Waals surface area contributed by atoms with Gasteiger partial charge in [-0.2, -0.15) is 0 Å². The van der Waals surface area contributed by atoms with E-state index >= 15 is 0 Å². The Morgan fingerprint density at radius 3 is 2.53 bits per heavy atom. The smallest absolute Gasteiger partial charge is 0.293 e. The van der Waals surface area contributed by atoms with Gasteiger partial charge in [0.25, 0.3) is 5.56 Å². The minimum Gasteiger partial charge on any atom is -0.497 e. The van der Waals surface area contributed by atoms with E-state index in [4.69, 9.17) is 14.2 Å². The number of ether oxygens (including phenoxy) is 3. The van der Waals surface area contributed by atoms with Crippen LogP contribution >= 0.6 is 0 Å². The highest BCUT2D eigenvalue weighted by molar-refractivity contribution is 5.73. The van der Waals surface area contributed by atoms with Gasteiger partial charge in [0, 0.05) is 5.56 Å². The van der Waals surface area contributed by atoms with Gasteiger partial charge >= 0.3 is 0 Å². The van der Waals surface area contributed by atoms with E-state index in [1.54, 1.807) is 32.4 Å². The summed E-state index contributed by atoms with van der Waals surface area (Å²) < 4.78 is 15.5. The molecule has 0 unspecified atom stereocenters. The van der Waals surface area contributed by atoms with Crippen LogP contribution in [-0.2, 0) is 0 Å². The Labute approximate surface area is 110 Å². The van der Waals surface area contributed by atoms with E-state index < -0.39 is 0 Å². The van der Waals surface area contributed by atoms with E-state index in [1.807, 2.05) is 0 Å². The molecule has 0 saturated heterocycles. The van der Waals surface area contributed by atoms with Crippen LogP contribution in [0, 0.1) is 0 Å². The fourth-order valence-electron chi connectivity index (χ4n) is 1.77. The van der Waals surface area contributed by atoms with Gasteiger partial charge in [-0.25, -0.2) is 4.98 Å². The molecule has 0 aliphatic carbocycles. The minimum absolute atomic E-state index is 0.133. The largest absolute Gasteiger partial charge is 0.497 e. The first kappa shape index (κ1) is 12.9. The van der Waals surface area contributed by atoms with Crippen molar-refractivity contribution in [1.29, 1.82) is 0 Å². The third-order valence-electron chi connectivity index (χ3n) is 2.68. The van der Waals surface area contributed by atoms with Crippen molar-refractivity contribution in [2.45, 2.75) is 0 Å². The normalized spacial score (nSPS) is 10.1. The van der Waals surface area contributed by atoms with Crippen molar-refractivity contribution in [3.8, 4) is 28.5 Å². The number of methoxy groups -OCH3 is 3. The van der Waals surface area contributed by atoms with Gasteiger partial charge in [0.2, 0.25) is 5.75 Å². The molecule has 0 amide bonds. The molecular weight excluding hydrogens is 248 g/mol. The lowest BCUT2D eigenvalue weighted by molar-refractivity contribution is 0.399. The summed E-state index contributed by atoms with van der Waals surface area (Å²) in [4.78, 5) is 18.3. The predicted molar refractivity (Wildman–Crippen MR) is 69.9 cm³/mol. The molecule has 1 heterocycles. The Kier molecular flexibility index (Phi) is 3.70. The second-order valence-electron chi connectivity index (χ2n) is 3.68. The van der Waals surface area contributed by atoms with Crippen LogP contribution in [0.3, 0.4) is 0 Å². The van der Waals surface area contributed by atoms with E-state index in [1.165, 1.54) is 13.4 Å². The number of nitrogens with zero attached hydrogens (tertiary/aromatic N) is 1. The SMILES string of the molecule is COc1ccc(OC)c(-c2nc[nH]c(=O)c2OC)c1. The highest BCUT2D eigenvalue weighted by Crippen LogP contribution is 2.35. The molecule has 19 heavy (non-hydrogen) atoms. The van der Waals surface area contributed by atoms with Gasteiger partial charge in [-0.15, -0.1) is 0 Å². The molecule has 0 saturated carbocycles. The van der Waals surface area contributed by atoms with Crippen molar-refractivity contribution < 1.29 is 14.2 Å². The van der Waals surface area contributed by atoms with Gasteiger partial charge < -0.3 is 19.2 Å². The highest BCUT2D eigenvalue weighted by Gasteiger charge is 2.16. The Morgan fingerprint density at radius 2 is 1.89 bits per heavy atom. The lowest BCUT2D eigenvalue weighted by Gasteiger charge is -2.11. The molecule has 0 aliphatic rings. The van der Waals surface area contributed by atoms with Crippen LogP contribution in [0.15, 0.2) is 29.3 Å². The zero-order valence-corrected chi connectivity index (χ0v) is 10.9. The van der Waals surface area contributed by atoms with E-state index in [9.17, 15) is 4.79 Å². The first-order valence-corrected chi connectivity index (χ1v) is 5.55. The molecule has 0 aliphatic heterocycles. The predicted octanol–water partition coefficient (Wildman–Crippen LogP) is 1.46. The first-order valence-electron chi connectivity index (χ1n) is 5.55. The highest BCUT2D eigenvalue weighted by atomic mass is 16.5. The maximum atomic E-state index is 11.7. The van der Waals surface area contributed by atoms with Crippen LogP contribution in [0.25, 0.3) is 11.3 Å². The fraction of sp³-hybridized carbons (Fsp3) is 0.231. The van der Waals surface area contributed by atoms with E-state index in [0.29, 0.717) is 22.8 Å². The molecule has 1 N–H and O–H groups in total. The number of aromatic nitrogens is 2.